The van der Waals surface area contributed by atoms with Crippen LogP contribution in [-0.2, 0) is 0 Å². The van der Waals surface area contributed by atoms with Crippen molar-refractivity contribution in [2.75, 3.05) is 0 Å². The lowest BCUT2D eigenvalue weighted by molar-refractivity contribution is 0.0694. The molecule has 2 aromatic rings. The zero-order chi connectivity index (χ0) is 12.3. The maximum atomic E-state index is 11.0. The zero-order valence-corrected chi connectivity index (χ0v) is 9.12. The highest BCUT2D eigenvalue weighted by atomic mass is 16.5. The van der Waals surface area contributed by atoms with Gasteiger partial charge in [-0.15, -0.1) is 0 Å². The van der Waals surface area contributed by atoms with Crippen LogP contribution in [0.3, 0.4) is 0 Å². The van der Waals surface area contributed by atoms with Gasteiger partial charge in [0.2, 0.25) is 5.88 Å². The van der Waals surface area contributed by atoms with Gasteiger partial charge in [-0.2, -0.15) is 0 Å². The van der Waals surface area contributed by atoms with Crippen LogP contribution in [0.25, 0.3) is 0 Å². The number of benzene rings is 1. The smallest absolute Gasteiger partial charge is 0.339 e. The Morgan fingerprint density at radius 2 is 2.18 bits per heavy atom. The number of carboxylic acids is 1. The minimum Gasteiger partial charge on any atom is -0.478 e. The molecule has 0 aliphatic carbocycles. The first kappa shape index (κ1) is 11.1. The summed E-state index contributed by atoms with van der Waals surface area (Å²) < 4.78 is 5.40. The molecule has 1 N–H and O–H groups in total. The number of hydrogen-bond donors (Lipinski definition) is 1. The number of rotatable bonds is 3. The largest absolute Gasteiger partial charge is 0.478 e. The van der Waals surface area contributed by atoms with Gasteiger partial charge < -0.3 is 9.84 Å². The van der Waals surface area contributed by atoms with E-state index in [-0.39, 0.29) is 17.2 Å². The third kappa shape index (κ3) is 2.57. The number of aryl methyl sites for hydroxylation is 1. The van der Waals surface area contributed by atoms with Crippen molar-refractivity contribution in [2.45, 2.75) is 6.92 Å². The second-order valence-electron chi connectivity index (χ2n) is 3.45. The van der Waals surface area contributed by atoms with E-state index in [1.165, 1.54) is 24.7 Å². The van der Waals surface area contributed by atoms with Gasteiger partial charge in [0.1, 0.15) is 11.3 Å². The summed E-state index contributed by atoms with van der Waals surface area (Å²) >= 11 is 0. The van der Waals surface area contributed by atoms with Gasteiger partial charge in [-0.1, -0.05) is 6.07 Å². The van der Waals surface area contributed by atoms with Gasteiger partial charge in [0.25, 0.3) is 0 Å². The number of hydrogen-bond acceptors (Lipinski definition) is 4. The van der Waals surface area contributed by atoms with Crippen LogP contribution >= 0.6 is 0 Å². The highest BCUT2D eigenvalue weighted by molar-refractivity contribution is 5.91. The fourth-order valence-electron chi connectivity index (χ4n) is 1.34. The molecule has 0 fully saturated rings. The Morgan fingerprint density at radius 1 is 1.35 bits per heavy atom. The van der Waals surface area contributed by atoms with Gasteiger partial charge >= 0.3 is 5.97 Å². The molecule has 0 aliphatic heterocycles. The Morgan fingerprint density at radius 3 is 2.82 bits per heavy atom. The molecule has 1 aromatic carbocycles. The maximum absolute atomic E-state index is 11.0. The van der Waals surface area contributed by atoms with E-state index >= 15 is 0 Å². The lowest BCUT2D eigenvalue weighted by Gasteiger charge is -2.07. The topological polar surface area (TPSA) is 72.3 Å². The molecule has 0 bridgehead atoms. The first-order chi connectivity index (χ1) is 8.16. The summed E-state index contributed by atoms with van der Waals surface area (Å²) in [6, 6.07) is 4.87. The zero-order valence-electron chi connectivity index (χ0n) is 9.12. The van der Waals surface area contributed by atoms with Gasteiger partial charge in [-0.25, -0.2) is 9.78 Å². The number of ether oxygens (including phenoxy) is 1. The molecule has 0 saturated heterocycles. The van der Waals surface area contributed by atoms with Crippen molar-refractivity contribution in [2.24, 2.45) is 0 Å². The number of carboxylic acid groups (broad SMARTS) is 1. The van der Waals surface area contributed by atoms with Crippen molar-refractivity contribution in [3.63, 3.8) is 0 Å². The van der Waals surface area contributed by atoms with E-state index in [9.17, 15) is 4.79 Å². The first-order valence-corrected chi connectivity index (χ1v) is 4.94. The molecule has 5 heteroatoms. The van der Waals surface area contributed by atoms with Crippen molar-refractivity contribution in [3.05, 3.63) is 47.9 Å². The van der Waals surface area contributed by atoms with Crippen molar-refractivity contribution in [3.8, 4) is 11.6 Å². The van der Waals surface area contributed by atoms with Crippen molar-refractivity contribution < 1.29 is 14.6 Å². The molecule has 0 atom stereocenters. The molecule has 0 spiro atoms. The number of aromatic nitrogens is 2. The summed E-state index contributed by atoms with van der Waals surface area (Å²) in [5, 5.41) is 9.02. The molecule has 0 unspecified atom stereocenters. The fourth-order valence-corrected chi connectivity index (χ4v) is 1.34. The molecular formula is C12H10N2O3. The van der Waals surface area contributed by atoms with E-state index < -0.39 is 5.97 Å². The molecule has 1 heterocycles. The van der Waals surface area contributed by atoms with E-state index in [0.29, 0.717) is 0 Å². The third-order valence-electron chi connectivity index (χ3n) is 2.12. The van der Waals surface area contributed by atoms with Gasteiger partial charge in [-0.05, 0) is 24.6 Å². The molecule has 2 rings (SSSR count). The molecule has 1 aromatic heterocycles. The average Bonchev–Trinajstić information content (AvgIpc) is 2.30. The number of nitrogens with zero attached hydrogens (tertiary/aromatic N) is 2. The fraction of sp³-hybridized carbons (Fsp3) is 0.0833. The Bertz CT molecular complexity index is 541. The lowest BCUT2D eigenvalue weighted by atomic mass is 10.1. The van der Waals surface area contributed by atoms with Crippen molar-refractivity contribution in [1.29, 1.82) is 0 Å². The summed E-state index contributed by atoms with van der Waals surface area (Å²) in [5.41, 5.74) is 1.01. The highest BCUT2D eigenvalue weighted by Gasteiger charge is 2.12. The summed E-state index contributed by atoms with van der Waals surface area (Å²) in [7, 11) is 0. The van der Waals surface area contributed by atoms with Crippen LogP contribution < -0.4 is 4.74 Å². The second-order valence-corrected chi connectivity index (χ2v) is 3.45. The van der Waals surface area contributed by atoms with Gasteiger partial charge in [0.15, 0.2) is 0 Å². The van der Waals surface area contributed by atoms with Crippen LogP contribution in [0.2, 0.25) is 0 Å². The predicted molar refractivity (Wildman–Crippen MR) is 60.2 cm³/mol. The van der Waals surface area contributed by atoms with E-state index in [1.54, 1.807) is 12.1 Å². The molecule has 17 heavy (non-hydrogen) atoms. The van der Waals surface area contributed by atoms with E-state index in [1.807, 2.05) is 6.92 Å². The van der Waals surface area contributed by atoms with Crippen LogP contribution in [0.15, 0.2) is 36.8 Å². The minimum absolute atomic E-state index is 0.0984. The predicted octanol–water partition coefficient (Wildman–Crippen LogP) is 2.28. The summed E-state index contributed by atoms with van der Waals surface area (Å²) in [5.74, 6) is -0.512. The van der Waals surface area contributed by atoms with Crippen LogP contribution in [0, 0.1) is 6.92 Å². The molecule has 0 aliphatic rings. The van der Waals surface area contributed by atoms with Crippen LogP contribution in [0.4, 0.5) is 0 Å². The Balaban J connectivity index is 2.37. The number of carbonyl (C=O) groups is 1. The summed E-state index contributed by atoms with van der Waals surface area (Å²) in [4.78, 5) is 18.8. The normalized spacial score (nSPS) is 9.94. The summed E-state index contributed by atoms with van der Waals surface area (Å²) in [6.45, 7) is 1.86. The molecule has 5 nitrogen and oxygen atoms in total. The Hall–Kier alpha value is -2.43. The molecule has 0 amide bonds. The SMILES string of the molecule is Cc1ccc(C(=O)O)c(Oc2cnccn2)c1. The lowest BCUT2D eigenvalue weighted by Crippen LogP contribution is -2.01. The maximum Gasteiger partial charge on any atom is 0.339 e. The van der Waals surface area contributed by atoms with Crippen molar-refractivity contribution in [1.82, 2.24) is 9.97 Å². The van der Waals surface area contributed by atoms with Gasteiger partial charge in [-0.3, -0.25) is 4.98 Å². The molecule has 86 valence electrons. The van der Waals surface area contributed by atoms with Gasteiger partial charge in [0, 0.05) is 12.4 Å². The molecular weight excluding hydrogens is 220 g/mol. The third-order valence-corrected chi connectivity index (χ3v) is 2.12. The van der Waals surface area contributed by atoms with Crippen LogP contribution in [0.5, 0.6) is 11.6 Å². The first-order valence-electron chi connectivity index (χ1n) is 4.94. The average molecular weight is 230 g/mol. The molecule has 0 radical (unpaired) electrons. The van der Waals surface area contributed by atoms with Crippen LogP contribution in [0.1, 0.15) is 15.9 Å². The highest BCUT2D eigenvalue weighted by Crippen LogP contribution is 2.24. The standard InChI is InChI=1S/C12H10N2O3/c1-8-2-3-9(12(15)16)10(6-8)17-11-7-13-4-5-14-11/h2-7H,1H3,(H,15,16). The summed E-state index contributed by atoms with van der Waals surface area (Å²) in [6.07, 6.45) is 4.42. The van der Waals surface area contributed by atoms with E-state index in [2.05, 4.69) is 9.97 Å². The van der Waals surface area contributed by atoms with Gasteiger partial charge in [0.05, 0.1) is 6.20 Å². The van der Waals surface area contributed by atoms with Crippen molar-refractivity contribution >= 4 is 5.97 Å². The second kappa shape index (κ2) is 4.61. The number of aromatic carboxylic acids is 1. The van der Waals surface area contributed by atoms with E-state index in [4.69, 9.17) is 9.84 Å². The quantitative estimate of drug-likeness (QED) is 0.875. The Kier molecular flexibility index (Phi) is 3.00. The molecule has 0 saturated carbocycles. The van der Waals surface area contributed by atoms with Crippen LogP contribution in [-0.4, -0.2) is 21.0 Å². The minimum atomic E-state index is -1.04. The Labute approximate surface area is 97.7 Å². The monoisotopic (exact) mass is 230 g/mol. The van der Waals surface area contributed by atoms with E-state index in [0.717, 1.165) is 5.56 Å².